The fraction of sp³-hybridized carbons (Fsp3) is 0.571. The minimum Gasteiger partial charge on any atom is -0.390 e. The molecule has 82 valence electrons. The molecule has 0 spiro atoms. The lowest BCUT2D eigenvalue weighted by Gasteiger charge is -2.17. The van der Waals surface area contributed by atoms with Crippen LogP contribution in [0.3, 0.4) is 0 Å². The van der Waals surface area contributed by atoms with Crippen molar-refractivity contribution in [3.63, 3.8) is 0 Å². The van der Waals surface area contributed by atoms with Gasteiger partial charge < -0.3 is 10.4 Å². The standard InChI is InChI=1S/C7H13NO5S/c1-3-4-6(10)8-7(5(2)9)14(11,12)13/h3-5,7,9H,1-2H3,(H,8,10)(H,11,12,13). The van der Waals surface area contributed by atoms with Crippen molar-refractivity contribution in [2.24, 2.45) is 0 Å². The van der Waals surface area contributed by atoms with E-state index in [1.807, 2.05) is 5.32 Å². The van der Waals surface area contributed by atoms with Gasteiger partial charge in [0.1, 0.15) is 0 Å². The molecule has 0 aromatic heterocycles. The Morgan fingerprint density at radius 3 is 2.29 bits per heavy atom. The average molecular weight is 223 g/mol. The monoisotopic (exact) mass is 223 g/mol. The van der Waals surface area contributed by atoms with Crippen LogP contribution in [0.25, 0.3) is 0 Å². The number of hydrogen-bond acceptors (Lipinski definition) is 4. The number of carbonyl (C=O) groups is 1. The van der Waals surface area contributed by atoms with E-state index in [2.05, 4.69) is 0 Å². The Labute approximate surface area is 82.4 Å². The number of amides is 1. The van der Waals surface area contributed by atoms with Crippen molar-refractivity contribution < 1.29 is 22.9 Å². The van der Waals surface area contributed by atoms with Crippen molar-refractivity contribution in [3.8, 4) is 0 Å². The third kappa shape index (κ3) is 4.35. The summed E-state index contributed by atoms with van der Waals surface area (Å²) in [5.41, 5.74) is 0. The number of carbonyl (C=O) groups excluding carboxylic acids is 1. The summed E-state index contributed by atoms with van der Waals surface area (Å²) in [6.07, 6.45) is 1.10. The molecule has 6 nitrogen and oxygen atoms in total. The minimum atomic E-state index is -4.49. The predicted molar refractivity (Wildman–Crippen MR) is 50.0 cm³/mol. The minimum absolute atomic E-state index is 0.698. The van der Waals surface area contributed by atoms with Crippen LogP contribution >= 0.6 is 0 Å². The molecule has 0 bridgehead atoms. The maximum atomic E-state index is 10.9. The molecule has 0 saturated heterocycles. The summed E-state index contributed by atoms with van der Waals surface area (Å²) in [6.45, 7) is 2.72. The maximum Gasteiger partial charge on any atom is 0.288 e. The molecule has 1 amide bonds. The van der Waals surface area contributed by atoms with Gasteiger partial charge in [-0.25, -0.2) is 0 Å². The van der Waals surface area contributed by atoms with Crippen LogP contribution in [-0.2, 0) is 14.9 Å². The first-order chi connectivity index (χ1) is 6.29. The van der Waals surface area contributed by atoms with Crippen molar-refractivity contribution in [3.05, 3.63) is 12.2 Å². The second kappa shape index (κ2) is 5.08. The number of aliphatic hydroxyl groups is 1. The Morgan fingerprint density at radius 1 is 1.50 bits per heavy atom. The molecule has 0 heterocycles. The number of allylic oxidation sites excluding steroid dienone is 1. The first-order valence-electron chi connectivity index (χ1n) is 3.86. The third-order valence-electron chi connectivity index (χ3n) is 1.36. The number of nitrogens with one attached hydrogen (secondary N) is 1. The van der Waals surface area contributed by atoms with Crippen molar-refractivity contribution in [1.29, 1.82) is 0 Å². The molecule has 0 aromatic carbocycles. The van der Waals surface area contributed by atoms with Gasteiger partial charge in [0.05, 0.1) is 6.10 Å². The summed E-state index contributed by atoms with van der Waals surface area (Å²) < 4.78 is 30.0. The van der Waals surface area contributed by atoms with Crippen LogP contribution in [0.4, 0.5) is 0 Å². The van der Waals surface area contributed by atoms with Gasteiger partial charge in [0.2, 0.25) is 5.91 Å². The van der Waals surface area contributed by atoms with Gasteiger partial charge >= 0.3 is 0 Å². The van der Waals surface area contributed by atoms with E-state index in [1.54, 1.807) is 6.92 Å². The maximum absolute atomic E-state index is 10.9. The van der Waals surface area contributed by atoms with E-state index in [-0.39, 0.29) is 0 Å². The van der Waals surface area contributed by atoms with Crippen LogP contribution in [0.2, 0.25) is 0 Å². The van der Waals surface area contributed by atoms with E-state index in [0.717, 1.165) is 13.0 Å². The topological polar surface area (TPSA) is 104 Å². The Balaban J connectivity index is 4.65. The van der Waals surface area contributed by atoms with E-state index in [9.17, 15) is 13.2 Å². The zero-order valence-corrected chi connectivity index (χ0v) is 8.65. The quantitative estimate of drug-likeness (QED) is 0.431. The van der Waals surface area contributed by atoms with Gasteiger partial charge in [-0.2, -0.15) is 8.42 Å². The molecule has 0 radical (unpaired) electrons. The highest BCUT2D eigenvalue weighted by molar-refractivity contribution is 7.86. The summed E-state index contributed by atoms with van der Waals surface area (Å²) >= 11 is 0. The highest BCUT2D eigenvalue weighted by Gasteiger charge is 2.28. The first kappa shape index (κ1) is 13.1. The van der Waals surface area contributed by atoms with E-state index in [0.29, 0.717) is 0 Å². The van der Waals surface area contributed by atoms with Crippen LogP contribution < -0.4 is 5.32 Å². The van der Waals surface area contributed by atoms with Gasteiger partial charge in [-0.05, 0) is 19.9 Å². The van der Waals surface area contributed by atoms with Crippen LogP contribution in [0, 0.1) is 0 Å². The van der Waals surface area contributed by atoms with Crippen LogP contribution in [0.1, 0.15) is 13.8 Å². The van der Waals surface area contributed by atoms with Crippen molar-refractivity contribution in [1.82, 2.24) is 5.32 Å². The molecule has 3 N–H and O–H groups in total. The van der Waals surface area contributed by atoms with E-state index in [1.165, 1.54) is 6.08 Å². The molecule has 7 heteroatoms. The van der Waals surface area contributed by atoms with Gasteiger partial charge in [0.25, 0.3) is 10.1 Å². The van der Waals surface area contributed by atoms with Crippen molar-refractivity contribution in [2.75, 3.05) is 0 Å². The van der Waals surface area contributed by atoms with Crippen LogP contribution in [-0.4, -0.2) is 35.5 Å². The molecule has 0 aromatic rings. The van der Waals surface area contributed by atoms with Crippen molar-refractivity contribution >= 4 is 16.0 Å². The summed E-state index contributed by atoms with van der Waals surface area (Å²) in [4.78, 5) is 10.9. The highest BCUT2D eigenvalue weighted by atomic mass is 32.2. The molecular weight excluding hydrogens is 210 g/mol. The molecule has 14 heavy (non-hydrogen) atoms. The summed E-state index contributed by atoms with van der Waals surface area (Å²) in [6, 6.07) is 0. The largest absolute Gasteiger partial charge is 0.390 e. The fourth-order valence-corrected chi connectivity index (χ4v) is 1.55. The molecule has 2 atom stereocenters. The Bertz CT molecular complexity index is 319. The Kier molecular flexibility index (Phi) is 4.75. The zero-order valence-electron chi connectivity index (χ0n) is 7.84. The summed E-state index contributed by atoms with van der Waals surface area (Å²) in [5, 5.41) is 9.23. The number of hydrogen-bond donors (Lipinski definition) is 3. The molecule has 2 unspecified atom stereocenters. The van der Waals surface area contributed by atoms with Gasteiger partial charge in [0.15, 0.2) is 5.37 Å². The van der Waals surface area contributed by atoms with Crippen molar-refractivity contribution in [2.45, 2.75) is 25.3 Å². The number of aliphatic hydroxyl groups excluding tert-OH is 1. The average Bonchev–Trinajstić information content (AvgIpc) is 1.98. The van der Waals surface area contributed by atoms with E-state index >= 15 is 0 Å². The lowest BCUT2D eigenvalue weighted by Crippen LogP contribution is -2.46. The zero-order chi connectivity index (χ0) is 11.4. The molecular formula is C7H13NO5S. The molecule has 0 aliphatic rings. The van der Waals surface area contributed by atoms with Gasteiger partial charge in [-0.1, -0.05) is 6.08 Å². The third-order valence-corrected chi connectivity index (χ3v) is 2.52. The Morgan fingerprint density at radius 2 is 2.00 bits per heavy atom. The lowest BCUT2D eigenvalue weighted by atomic mass is 10.4. The summed E-state index contributed by atoms with van der Waals surface area (Å²) in [7, 11) is -4.49. The van der Waals surface area contributed by atoms with E-state index < -0.39 is 27.5 Å². The second-order valence-electron chi connectivity index (χ2n) is 2.68. The summed E-state index contributed by atoms with van der Waals surface area (Å²) in [5.74, 6) is -0.698. The molecule has 0 rings (SSSR count). The van der Waals surface area contributed by atoms with Crippen LogP contribution in [0.15, 0.2) is 12.2 Å². The first-order valence-corrected chi connectivity index (χ1v) is 5.37. The Hall–Kier alpha value is -0.920. The molecule has 0 saturated carbocycles. The SMILES string of the molecule is CC=CC(=O)NC(C(C)O)S(=O)(=O)O. The van der Waals surface area contributed by atoms with Crippen LogP contribution in [0.5, 0.6) is 0 Å². The van der Waals surface area contributed by atoms with Gasteiger partial charge in [0, 0.05) is 0 Å². The molecule has 0 aliphatic carbocycles. The number of rotatable bonds is 4. The van der Waals surface area contributed by atoms with Gasteiger partial charge in [-0.15, -0.1) is 0 Å². The fourth-order valence-electron chi connectivity index (χ4n) is 0.784. The van der Waals surface area contributed by atoms with Gasteiger partial charge in [-0.3, -0.25) is 9.35 Å². The predicted octanol–water partition coefficient (Wildman–Crippen LogP) is -0.727. The molecule has 0 aliphatic heterocycles. The normalized spacial score (nSPS) is 16.6. The second-order valence-corrected chi connectivity index (χ2v) is 4.22. The highest BCUT2D eigenvalue weighted by Crippen LogP contribution is 2.00. The lowest BCUT2D eigenvalue weighted by molar-refractivity contribution is -0.117. The van der Waals surface area contributed by atoms with E-state index in [4.69, 9.17) is 9.66 Å². The smallest absolute Gasteiger partial charge is 0.288 e. The molecule has 0 fully saturated rings.